The van der Waals surface area contributed by atoms with E-state index in [1.54, 1.807) is 39.0 Å². The van der Waals surface area contributed by atoms with Gasteiger partial charge in [-0.05, 0) is 51.3 Å². The topological polar surface area (TPSA) is 75.6 Å². The van der Waals surface area contributed by atoms with Crippen molar-refractivity contribution in [3.63, 3.8) is 0 Å². The molecule has 1 aliphatic carbocycles. The van der Waals surface area contributed by atoms with Crippen molar-refractivity contribution in [2.45, 2.75) is 44.6 Å². The smallest absolute Gasteiger partial charge is 0.412 e. The van der Waals surface area contributed by atoms with Crippen LogP contribution in [0.15, 0.2) is 18.2 Å². The summed E-state index contributed by atoms with van der Waals surface area (Å²) in [7, 11) is 0. The van der Waals surface area contributed by atoms with Crippen LogP contribution in [0.3, 0.4) is 0 Å². The van der Waals surface area contributed by atoms with Gasteiger partial charge in [0.15, 0.2) is 0 Å². The molecule has 1 fully saturated rings. The molecule has 2 N–H and O–H groups in total. The van der Waals surface area contributed by atoms with Gasteiger partial charge < -0.3 is 9.84 Å². The van der Waals surface area contributed by atoms with Crippen molar-refractivity contribution in [3.05, 3.63) is 28.8 Å². The largest absolute Gasteiger partial charge is 0.481 e. The molecule has 0 unspecified atom stereocenters. The third-order valence-electron chi connectivity index (χ3n) is 3.32. The number of hydrogen-bond donors (Lipinski definition) is 2. The van der Waals surface area contributed by atoms with Crippen molar-refractivity contribution >= 4 is 29.4 Å². The zero-order valence-electron chi connectivity index (χ0n) is 12.2. The van der Waals surface area contributed by atoms with E-state index in [0.717, 1.165) is 0 Å². The SMILES string of the molecule is CC(C)(C)OC(=O)Nc1ccc(C2(C(=O)O)CC2)cc1Cl. The van der Waals surface area contributed by atoms with Crippen LogP contribution >= 0.6 is 11.6 Å². The second kappa shape index (κ2) is 5.22. The number of amides is 1. The summed E-state index contributed by atoms with van der Waals surface area (Å²) >= 11 is 6.12. The number of halogens is 1. The number of carbonyl (C=O) groups excluding carboxylic acids is 1. The number of benzene rings is 1. The molecule has 0 aromatic heterocycles. The van der Waals surface area contributed by atoms with Crippen LogP contribution in [0, 0.1) is 0 Å². The lowest BCUT2D eigenvalue weighted by Crippen LogP contribution is -2.27. The number of ether oxygens (including phenoxy) is 1. The molecule has 6 heteroatoms. The highest BCUT2D eigenvalue weighted by Gasteiger charge is 2.51. The molecule has 0 saturated heterocycles. The molecular formula is C15H18ClNO4. The third-order valence-corrected chi connectivity index (χ3v) is 3.63. The first kappa shape index (κ1) is 15.6. The molecule has 0 atom stereocenters. The van der Waals surface area contributed by atoms with E-state index in [1.807, 2.05) is 0 Å². The Labute approximate surface area is 128 Å². The normalized spacial score (nSPS) is 16.2. The van der Waals surface area contributed by atoms with Gasteiger partial charge in [0.25, 0.3) is 0 Å². The molecule has 0 spiro atoms. The molecule has 1 aromatic carbocycles. The molecule has 0 radical (unpaired) electrons. The molecule has 2 rings (SSSR count). The maximum atomic E-state index is 11.7. The average Bonchev–Trinajstić information content (AvgIpc) is 3.10. The summed E-state index contributed by atoms with van der Waals surface area (Å²) in [5, 5.41) is 12.1. The van der Waals surface area contributed by atoms with E-state index in [-0.39, 0.29) is 0 Å². The summed E-state index contributed by atoms with van der Waals surface area (Å²) in [6.07, 6.45) is 0.617. The molecule has 1 aliphatic rings. The Balaban J connectivity index is 2.14. The highest BCUT2D eigenvalue weighted by molar-refractivity contribution is 6.33. The molecule has 0 bridgehead atoms. The zero-order chi connectivity index (χ0) is 15.8. The van der Waals surface area contributed by atoms with Gasteiger partial charge in [0.05, 0.1) is 16.1 Å². The molecule has 5 nitrogen and oxygen atoms in total. The van der Waals surface area contributed by atoms with Crippen LogP contribution in [0.2, 0.25) is 5.02 Å². The summed E-state index contributed by atoms with van der Waals surface area (Å²) in [6.45, 7) is 5.29. The Morgan fingerprint density at radius 3 is 2.38 bits per heavy atom. The number of rotatable bonds is 3. The molecule has 1 aromatic rings. The minimum absolute atomic E-state index is 0.297. The first-order chi connectivity index (χ1) is 9.64. The molecule has 21 heavy (non-hydrogen) atoms. The van der Waals surface area contributed by atoms with Gasteiger partial charge in [-0.3, -0.25) is 10.1 Å². The van der Waals surface area contributed by atoms with E-state index in [1.165, 1.54) is 0 Å². The maximum absolute atomic E-state index is 11.7. The van der Waals surface area contributed by atoms with Gasteiger partial charge in [-0.1, -0.05) is 17.7 Å². The minimum atomic E-state index is -0.841. The molecule has 0 aliphatic heterocycles. The molecule has 1 amide bonds. The predicted molar refractivity (Wildman–Crippen MR) is 79.9 cm³/mol. The molecule has 114 valence electrons. The second-order valence-electron chi connectivity index (χ2n) is 6.21. The maximum Gasteiger partial charge on any atom is 0.412 e. The van der Waals surface area contributed by atoms with Crippen molar-refractivity contribution in [3.8, 4) is 0 Å². The van der Waals surface area contributed by atoms with Crippen LogP contribution in [-0.4, -0.2) is 22.8 Å². The molecule has 0 heterocycles. The Kier molecular flexibility index (Phi) is 3.89. The van der Waals surface area contributed by atoms with Crippen molar-refractivity contribution < 1.29 is 19.4 Å². The summed E-state index contributed by atoms with van der Waals surface area (Å²) in [5.41, 5.74) is -0.350. The number of nitrogens with one attached hydrogen (secondary N) is 1. The lowest BCUT2D eigenvalue weighted by Gasteiger charge is -2.20. The van der Waals surface area contributed by atoms with Crippen LogP contribution in [0.25, 0.3) is 0 Å². The van der Waals surface area contributed by atoms with Crippen LogP contribution < -0.4 is 5.32 Å². The van der Waals surface area contributed by atoms with Crippen molar-refractivity contribution in [1.82, 2.24) is 0 Å². The van der Waals surface area contributed by atoms with E-state index in [0.29, 0.717) is 29.1 Å². The van der Waals surface area contributed by atoms with E-state index >= 15 is 0 Å². The molecule has 1 saturated carbocycles. The molecular weight excluding hydrogens is 294 g/mol. The lowest BCUT2D eigenvalue weighted by atomic mass is 9.96. The fourth-order valence-corrected chi connectivity index (χ4v) is 2.31. The fourth-order valence-electron chi connectivity index (χ4n) is 2.08. The van der Waals surface area contributed by atoms with Gasteiger partial charge >= 0.3 is 12.1 Å². The Bertz CT molecular complexity index is 588. The van der Waals surface area contributed by atoms with Crippen molar-refractivity contribution in [2.75, 3.05) is 5.32 Å². The van der Waals surface area contributed by atoms with Gasteiger partial charge in [0, 0.05) is 0 Å². The van der Waals surface area contributed by atoms with Crippen molar-refractivity contribution in [2.24, 2.45) is 0 Å². The van der Waals surface area contributed by atoms with Crippen LogP contribution in [-0.2, 0) is 14.9 Å². The van der Waals surface area contributed by atoms with Crippen LogP contribution in [0.5, 0.6) is 0 Å². The Hall–Kier alpha value is -1.75. The van der Waals surface area contributed by atoms with E-state index < -0.39 is 23.1 Å². The number of aliphatic carboxylic acids is 1. The first-order valence-corrected chi connectivity index (χ1v) is 7.05. The average molecular weight is 312 g/mol. The van der Waals surface area contributed by atoms with E-state index in [2.05, 4.69) is 5.32 Å². The quantitative estimate of drug-likeness (QED) is 0.890. The number of anilines is 1. The summed E-state index contributed by atoms with van der Waals surface area (Å²) < 4.78 is 5.14. The fraction of sp³-hybridized carbons (Fsp3) is 0.467. The van der Waals surface area contributed by atoms with Crippen LogP contribution in [0.1, 0.15) is 39.2 Å². The number of carbonyl (C=O) groups is 2. The monoisotopic (exact) mass is 311 g/mol. The second-order valence-corrected chi connectivity index (χ2v) is 6.62. The number of hydrogen-bond acceptors (Lipinski definition) is 3. The van der Waals surface area contributed by atoms with Gasteiger partial charge in [-0.15, -0.1) is 0 Å². The van der Waals surface area contributed by atoms with Gasteiger partial charge in [0.1, 0.15) is 5.60 Å². The standard InChI is InChI=1S/C15H18ClNO4/c1-14(2,3)21-13(20)17-11-5-4-9(8-10(11)16)15(6-7-15)12(18)19/h4-5,8H,6-7H2,1-3H3,(H,17,20)(H,18,19). The number of carboxylic acids is 1. The highest BCUT2D eigenvalue weighted by Crippen LogP contribution is 2.49. The summed E-state index contributed by atoms with van der Waals surface area (Å²) in [5.74, 6) is -0.841. The number of carboxylic acid groups (broad SMARTS) is 1. The summed E-state index contributed by atoms with van der Waals surface area (Å²) in [4.78, 5) is 23.0. The van der Waals surface area contributed by atoms with Crippen LogP contribution in [0.4, 0.5) is 10.5 Å². The van der Waals surface area contributed by atoms with Gasteiger partial charge in [0.2, 0.25) is 0 Å². The Morgan fingerprint density at radius 1 is 1.33 bits per heavy atom. The summed E-state index contributed by atoms with van der Waals surface area (Å²) in [6, 6.07) is 4.87. The van der Waals surface area contributed by atoms with Gasteiger partial charge in [-0.25, -0.2) is 4.79 Å². The lowest BCUT2D eigenvalue weighted by molar-refractivity contribution is -0.140. The van der Waals surface area contributed by atoms with Crippen molar-refractivity contribution in [1.29, 1.82) is 0 Å². The third kappa shape index (κ3) is 3.47. The first-order valence-electron chi connectivity index (χ1n) is 6.67. The predicted octanol–water partition coefficient (Wildman–Crippen LogP) is 3.80. The van der Waals surface area contributed by atoms with Gasteiger partial charge in [-0.2, -0.15) is 0 Å². The Morgan fingerprint density at radius 2 is 1.95 bits per heavy atom. The minimum Gasteiger partial charge on any atom is -0.481 e. The zero-order valence-corrected chi connectivity index (χ0v) is 13.0. The highest BCUT2D eigenvalue weighted by atomic mass is 35.5. The van der Waals surface area contributed by atoms with E-state index in [4.69, 9.17) is 16.3 Å². The van der Waals surface area contributed by atoms with E-state index in [9.17, 15) is 14.7 Å².